The summed E-state index contributed by atoms with van der Waals surface area (Å²) in [6, 6.07) is 0. The minimum absolute atomic E-state index is 0.227. The molecule has 8 nitrogen and oxygen atoms in total. The van der Waals surface area contributed by atoms with Crippen LogP contribution in [0.4, 0.5) is 0 Å². The molecule has 288 valence electrons. The van der Waals surface area contributed by atoms with E-state index in [1.807, 2.05) is 0 Å². The third kappa shape index (κ3) is 36.1. The minimum Gasteiger partial charge on any atom is -0.462 e. The Morgan fingerprint density at radius 2 is 1.02 bits per heavy atom. The Bertz CT molecular complexity index is 859. The van der Waals surface area contributed by atoms with Crippen molar-refractivity contribution in [2.45, 2.75) is 200 Å². The number of unbranched alkanes of at least 4 members (excludes halogenated alkanes) is 22. The predicted octanol–water partition coefficient (Wildman–Crippen LogP) is 12.3. The Morgan fingerprint density at radius 1 is 0.571 bits per heavy atom. The van der Waals surface area contributed by atoms with E-state index in [1.165, 1.54) is 96.3 Å². The number of esters is 2. The number of allylic oxidation sites excluding steroid dienone is 4. The molecule has 0 fully saturated rings. The van der Waals surface area contributed by atoms with Gasteiger partial charge in [0.25, 0.3) is 0 Å². The average molecular weight is 715 g/mol. The van der Waals surface area contributed by atoms with E-state index in [-0.39, 0.29) is 19.0 Å². The molecule has 0 heterocycles. The summed E-state index contributed by atoms with van der Waals surface area (Å²) in [6.45, 7) is 3.82. The number of phosphoric ester groups is 1. The van der Waals surface area contributed by atoms with Crippen LogP contribution in [0.25, 0.3) is 0 Å². The lowest BCUT2D eigenvalue weighted by Gasteiger charge is -2.19. The molecule has 0 spiro atoms. The molecule has 2 atom stereocenters. The number of phosphoric acid groups is 1. The zero-order valence-corrected chi connectivity index (χ0v) is 32.7. The highest BCUT2D eigenvalue weighted by Gasteiger charge is 2.24. The maximum atomic E-state index is 12.4. The smallest absolute Gasteiger partial charge is 0.462 e. The van der Waals surface area contributed by atoms with E-state index < -0.39 is 26.5 Å². The first-order valence-electron chi connectivity index (χ1n) is 20.0. The van der Waals surface area contributed by atoms with E-state index in [0.29, 0.717) is 12.8 Å². The summed E-state index contributed by atoms with van der Waals surface area (Å²) < 4.78 is 31.9. The second kappa shape index (κ2) is 36.3. The Hall–Kier alpha value is -1.47. The first-order valence-corrected chi connectivity index (χ1v) is 21.5. The fourth-order valence-electron chi connectivity index (χ4n) is 5.58. The van der Waals surface area contributed by atoms with Crippen molar-refractivity contribution < 1.29 is 37.6 Å². The number of hydrogen-bond acceptors (Lipinski definition) is 7. The summed E-state index contributed by atoms with van der Waals surface area (Å²) in [5, 5.41) is 0. The lowest BCUT2D eigenvalue weighted by molar-refractivity contribution is -0.161. The van der Waals surface area contributed by atoms with Crippen molar-refractivity contribution in [2.24, 2.45) is 0 Å². The lowest BCUT2D eigenvalue weighted by atomic mass is 10.0. The Labute approximate surface area is 301 Å². The SMILES string of the molecule is CCC/C=C\C/C=C\CCCCCCCC(=O)OC(COC(=O)CCCCCCCCCCCCCCCCCCC)COP(=O)(O)OC. The van der Waals surface area contributed by atoms with Gasteiger partial charge >= 0.3 is 19.8 Å². The van der Waals surface area contributed by atoms with Gasteiger partial charge in [-0.1, -0.05) is 167 Å². The number of hydrogen-bond donors (Lipinski definition) is 1. The molecule has 0 saturated heterocycles. The quantitative estimate of drug-likeness (QED) is 0.0293. The van der Waals surface area contributed by atoms with E-state index in [9.17, 15) is 19.0 Å². The first-order chi connectivity index (χ1) is 23.8. The largest absolute Gasteiger partial charge is 0.472 e. The van der Waals surface area contributed by atoms with Gasteiger partial charge in [0.15, 0.2) is 6.10 Å². The van der Waals surface area contributed by atoms with Crippen molar-refractivity contribution in [2.75, 3.05) is 20.3 Å². The zero-order valence-electron chi connectivity index (χ0n) is 31.9. The van der Waals surface area contributed by atoms with Crippen LogP contribution in [0.3, 0.4) is 0 Å². The van der Waals surface area contributed by atoms with Crippen LogP contribution >= 0.6 is 7.82 Å². The van der Waals surface area contributed by atoms with E-state index in [1.54, 1.807) is 0 Å². The molecule has 0 bridgehead atoms. The van der Waals surface area contributed by atoms with Crippen molar-refractivity contribution in [3.63, 3.8) is 0 Å². The third-order valence-electron chi connectivity index (χ3n) is 8.68. The third-order valence-corrected chi connectivity index (χ3v) is 9.62. The molecule has 49 heavy (non-hydrogen) atoms. The second-order valence-corrected chi connectivity index (χ2v) is 15.0. The fourth-order valence-corrected chi connectivity index (χ4v) is 6.04. The molecular formula is C40H75O8P. The summed E-state index contributed by atoms with van der Waals surface area (Å²) in [4.78, 5) is 34.4. The van der Waals surface area contributed by atoms with Gasteiger partial charge in [-0.15, -0.1) is 0 Å². The Kier molecular flexibility index (Phi) is 35.2. The van der Waals surface area contributed by atoms with E-state index in [4.69, 9.17) is 14.0 Å². The predicted molar refractivity (Wildman–Crippen MR) is 203 cm³/mol. The van der Waals surface area contributed by atoms with Crippen LogP contribution in [0.15, 0.2) is 24.3 Å². The molecular weight excluding hydrogens is 639 g/mol. The Balaban J connectivity index is 4.00. The van der Waals surface area contributed by atoms with Gasteiger partial charge in [0.2, 0.25) is 0 Å². The van der Waals surface area contributed by atoms with E-state index in [2.05, 4.69) is 42.7 Å². The normalized spacial score (nSPS) is 13.6. The summed E-state index contributed by atoms with van der Waals surface area (Å²) >= 11 is 0. The van der Waals surface area contributed by atoms with Gasteiger partial charge in [-0.3, -0.25) is 18.6 Å². The summed E-state index contributed by atoms with van der Waals surface area (Å²) in [7, 11) is -3.20. The molecule has 0 aromatic rings. The zero-order chi connectivity index (χ0) is 36.1. The number of carbonyl (C=O) groups is 2. The highest BCUT2D eigenvalue weighted by atomic mass is 31.2. The maximum Gasteiger partial charge on any atom is 0.472 e. The van der Waals surface area contributed by atoms with Crippen LogP contribution in [-0.2, 0) is 32.7 Å². The Morgan fingerprint density at radius 3 is 1.51 bits per heavy atom. The lowest BCUT2D eigenvalue weighted by Crippen LogP contribution is -2.29. The molecule has 0 radical (unpaired) electrons. The van der Waals surface area contributed by atoms with Gasteiger partial charge < -0.3 is 14.4 Å². The van der Waals surface area contributed by atoms with Gasteiger partial charge in [-0.25, -0.2) is 4.57 Å². The number of rotatable bonds is 37. The van der Waals surface area contributed by atoms with Crippen LogP contribution in [0.2, 0.25) is 0 Å². The van der Waals surface area contributed by atoms with Crippen LogP contribution < -0.4 is 0 Å². The summed E-state index contributed by atoms with van der Waals surface area (Å²) in [5.41, 5.74) is 0. The number of carbonyl (C=O) groups excluding carboxylic acids is 2. The number of ether oxygens (including phenoxy) is 2. The average Bonchev–Trinajstić information content (AvgIpc) is 3.09. The maximum absolute atomic E-state index is 12.4. The van der Waals surface area contributed by atoms with Crippen LogP contribution in [0, 0.1) is 0 Å². The van der Waals surface area contributed by atoms with E-state index >= 15 is 0 Å². The van der Waals surface area contributed by atoms with Gasteiger partial charge in [0.1, 0.15) is 6.61 Å². The monoisotopic (exact) mass is 715 g/mol. The molecule has 0 saturated carbocycles. The molecule has 0 aromatic heterocycles. The molecule has 0 aromatic carbocycles. The summed E-state index contributed by atoms with van der Waals surface area (Å²) in [6.07, 6.45) is 39.4. The molecule has 0 rings (SSSR count). The highest BCUT2D eigenvalue weighted by Crippen LogP contribution is 2.42. The topological polar surface area (TPSA) is 108 Å². The summed E-state index contributed by atoms with van der Waals surface area (Å²) in [5.74, 6) is -0.814. The molecule has 0 aliphatic heterocycles. The van der Waals surface area contributed by atoms with Crippen LogP contribution in [-0.4, -0.2) is 43.3 Å². The second-order valence-electron chi connectivity index (χ2n) is 13.4. The standard InChI is InChI=1S/C40H75O8P/c1-4-6-8-10-12-14-16-18-19-20-21-23-24-26-28-30-32-34-39(41)46-36-38(37-47-49(43,44)45-3)48-40(42)35-33-31-29-27-25-22-17-15-13-11-9-7-5-2/h9,11,15,17,38H,4-8,10,12-14,16,18-37H2,1-3H3,(H,43,44)/b11-9-,17-15-. The molecule has 9 heteroatoms. The molecule has 0 aliphatic carbocycles. The van der Waals surface area contributed by atoms with Gasteiger partial charge in [-0.2, -0.15) is 0 Å². The molecule has 0 aliphatic rings. The van der Waals surface area contributed by atoms with Crippen LogP contribution in [0.5, 0.6) is 0 Å². The minimum atomic E-state index is -4.26. The molecule has 1 N–H and O–H groups in total. The van der Waals surface area contributed by atoms with Crippen molar-refractivity contribution in [1.82, 2.24) is 0 Å². The van der Waals surface area contributed by atoms with Gasteiger partial charge in [-0.05, 0) is 38.5 Å². The first kappa shape index (κ1) is 47.5. The molecule has 0 amide bonds. The van der Waals surface area contributed by atoms with Crippen molar-refractivity contribution >= 4 is 19.8 Å². The molecule has 2 unspecified atom stereocenters. The van der Waals surface area contributed by atoms with Crippen molar-refractivity contribution in [3.8, 4) is 0 Å². The van der Waals surface area contributed by atoms with E-state index in [0.717, 1.165) is 71.3 Å². The van der Waals surface area contributed by atoms with Crippen molar-refractivity contribution in [3.05, 3.63) is 24.3 Å². The van der Waals surface area contributed by atoms with Crippen LogP contribution in [0.1, 0.15) is 194 Å². The van der Waals surface area contributed by atoms with Gasteiger partial charge in [0, 0.05) is 20.0 Å². The van der Waals surface area contributed by atoms with Gasteiger partial charge in [0.05, 0.1) is 6.61 Å². The van der Waals surface area contributed by atoms with Crippen molar-refractivity contribution in [1.29, 1.82) is 0 Å². The fraction of sp³-hybridized carbons (Fsp3) is 0.850. The highest BCUT2D eigenvalue weighted by molar-refractivity contribution is 7.47.